The summed E-state index contributed by atoms with van der Waals surface area (Å²) in [5.74, 6) is -5.58. The fourth-order valence-electron chi connectivity index (χ4n) is 2.51. The Bertz CT molecular complexity index is 1060. The standard InChI is InChI=1S/C17H17F3N2O5S/c1-17(16(24)21-25,28(2,26)27)4-6-22-5-3-10(9-14(22)23)11-7-12(18)15(20)13(19)8-11/h3,5,7-9,25H,4,6H2,1-2H3,(H,21,24). The lowest BCUT2D eigenvalue weighted by atomic mass is 10.1. The quantitative estimate of drug-likeness (QED) is 0.422. The zero-order valence-electron chi connectivity index (χ0n) is 14.9. The molecule has 1 heterocycles. The summed E-state index contributed by atoms with van der Waals surface area (Å²) >= 11 is 0. The van der Waals surface area contributed by atoms with Crippen LogP contribution in [-0.2, 0) is 21.2 Å². The van der Waals surface area contributed by atoms with Gasteiger partial charge < -0.3 is 4.57 Å². The number of pyridine rings is 1. The van der Waals surface area contributed by atoms with Gasteiger partial charge in [-0.2, -0.15) is 0 Å². The predicted molar refractivity (Wildman–Crippen MR) is 93.8 cm³/mol. The molecule has 7 nitrogen and oxygen atoms in total. The zero-order chi connectivity index (χ0) is 21.3. The second-order valence-corrected chi connectivity index (χ2v) is 8.84. The van der Waals surface area contributed by atoms with Gasteiger partial charge in [-0.25, -0.2) is 27.1 Å². The number of amides is 1. The number of hydroxylamine groups is 1. The Hall–Kier alpha value is -2.66. The van der Waals surface area contributed by atoms with Crippen LogP contribution in [0.5, 0.6) is 0 Å². The van der Waals surface area contributed by atoms with Crippen LogP contribution in [0.3, 0.4) is 0 Å². The molecule has 0 bridgehead atoms. The number of hydrogen-bond donors (Lipinski definition) is 2. The van der Waals surface area contributed by atoms with Gasteiger partial charge in [-0.1, -0.05) is 0 Å². The van der Waals surface area contributed by atoms with E-state index in [2.05, 4.69) is 0 Å². The van der Waals surface area contributed by atoms with Gasteiger partial charge in [-0.05, 0) is 42.7 Å². The summed E-state index contributed by atoms with van der Waals surface area (Å²) < 4.78 is 62.8. The number of aromatic nitrogens is 1. The number of sulfone groups is 1. The molecule has 0 saturated carbocycles. The highest BCUT2D eigenvalue weighted by molar-refractivity contribution is 7.92. The van der Waals surface area contributed by atoms with Crippen molar-refractivity contribution in [3.8, 4) is 11.1 Å². The Morgan fingerprint density at radius 1 is 1.18 bits per heavy atom. The average Bonchev–Trinajstić information content (AvgIpc) is 2.62. The maximum atomic E-state index is 13.4. The lowest BCUT2D eigenvalue weighted by Crippen LogP contribution is -2.49. The van der Waals surface area contributed by atoms with Crippen molar-refractivity contribution < 1.29 is 31.6 Å². The topological polar surface area (TPSA) is 105 Å². The average molecular weight is 418 g/mol. The first-order valence-electron chi connectivity index (χ1n) is 7.90. The molecule has 0 radical (unpaired) electrons. The smallest absolute Gasteiger partial charge is 0.264 e. The Labute approximate surface area is 158 Å². The zero-order valence-corrected chi connectivity index (χ0v) is 15.7. The van der Waals surface area contributed by atoms with E-state index >= 15 is 0 Å². The highest BCUT2D eigenvalue weighted by atomic mass is 32.2. The van der Waals surface area contributed by atoms with E-state index < -0.39 is 43.5 Å². The number of carbonyl (C=O) groups excluding carboxylic acids is 1. The summed E-state index contributed by atoms with van der Waals surface area (Å²) in [6.07, 6.45) is 1.75. The molecular weight excluding hydrogens is 401 g/mol. The van der Waals surface area contributed by atoms with Crippen molar-refractivity contribution in [3.05, 3.63) is 58.3 Å². The minimum Gasteiger partial charge on any atom is -0.315 e. The summed E-state index contributed by atoms with van der Waals surface area (Å²) in [4.78, 5) is 24.0. The molecule has 0 fully saturated rings. The third-order valence-electron chi connectivity index (χ3n) is 4.54. The van der Waals surface area contributed by atoms with Crippen LogP contribution >= 0.6 is 0 Å². The van der Waals surface area contributed by atoms with E-state index in [9.17, 15) is 31.2 Å². The molecule has 1 atom stereocenters. The van der Waals surface area contributed by atoms with Crippen molar-refractivity contribution in [1.29, 1.82) is 0 Å². The van der Waals surface area contributed by atoms with Crippen LogP contribution in [0.15, 0.2) is 35.3 Å². The number of halogens is 3. The second kappa shape index (κ2) is 7.76. The molecule has 0 aliphatic carbocycles. The van der Waals surface area contributed by atoms with Gasteiger partial charge in [-0.3, -0.25) is 14.8 Å². The molecule has 2 aromatic rings. The van der Waals surface area contributed by atoms with Crippen LogP contribution in [0.1, 0.15) is 13.3 Å². The molecule has 2 rings (SSSR count). The van der Waals surface area contributed by atoms with Crippen LogP contribution in [0.25, 0.3) is 11.1 Å². The fourth-order valence-corrected chi connectivity index (χ4v) is 3.36. The van der Waals surface area contributed by atoms with Gasteiger partial charge in [0, 0.05) is 25.1 Å². The Kier molecular flexibility index (Phi) is 6.00. The molecule has 0 aliphatic rings. The van der Waals surface area contributed by atoms with E-state index in [-0.39, 0.29) is 24.1 Å². The summed E-state index contributed by atoms with van der Waals surface area (Å²) in [5.41, 5.74) is 0.734. The van der Waals surface area contributed by atoms with Gasteiger partial charge in [0.05, 0.1) is 0 Å². The first kappa shape index (κ1) is 21.6. The summed E-state index contributed by atoms with van der Waals surface area (Å²) in [6, 6.07) is 3.85. The third kappa shape index (κ3) is 4.09. The number of hydrogen-bond acceptors (Lipinski definition) is 5. The molecule has 1 aromatic heterocycles. The van der Waals surface area contributed by atoms with Crippen LogP contribution in [0.2, 0.25) is 0 Å². The van der Waals surface area contributed by atoms with E-state index in [1.165, 1.54) is 17.7 Å². The number of nitrogens with one attached hydrogen (secondary N) is 1. The molecule has 1 aromatic carbocycles. The van der Waals surface area contributed by atoms with Gasteiger partial charge in [0.2, 0.25) is 0 Å². The molecule has 0 aliphatic heterocycles. The molecule has 11 heteroatoms. The van der Waals surface area contributed by atoms with Crippen LogP contribution in [-0.4, -0.2) is 35.1 Å². The Morgan fingerprint density at radius 2 is 1.75 bits per heavy atom. The molecule has 1 amide bonds. The van der Waals surface area contributed by atoms with E-state index in [1.54, 1.807) is 0 Å². The number of benzene rings is 1. The highest BCUT2D eigenvalue weighted by Gasteiger charge is 2.43. The van der Waals surface area contributed by atoms with Gasteiger partial charge >= 0.3 is 0 Å². The minimum absolute atomic E-state index is 0.0544. The van der Waals surface area contributed by atoms with Gasteiger partial charge in [0.1, 0.15) is 0 Å². The summed E-state index contributed by atoms with van der Waals surface area (Å²) in [5, 5.41) is 8.79. The number of nitrogens with zero attached hydrogens (tertiary/aromatic N) is 1. The van der Waals surface area contributed by atoms with Gasteiger partial charge in [-0.15, -0.1) is 0 Å². The van der Waals surface area contributed by atoms with E-state index in [0.717, 1.165) is 35.9 Å². The van der Waals surface area contributed by atoms with Crippen molar-refractivity contribution in [3.63, 3.8) is 0 Å². The normalized spacial score (nSPS) is 13.8. The molecule has 1 unspecified atom stereocenters. The lowest BCUT2D eigenvalue weighted by molar-refractivity contribution is -0.131. The second-order valence-electron chi connectivity index (χ2n) is 6.39. The lowest BCUT2D eigenvalue weighted by Gasteiger charge is -2.25. The third-order valence-corrected chi connectivity index (χ3v) is 6.57. The Morgan fingerprint density at radius 3 is 2.21 bits per heavy atom. The summed E-state index contributed by atoms with van der Waals surface area (Å²) in [7, 11) is -3.93. The monoisotopic (exact) mass is 418 g/mol. The van der Waals surface area contributed by atoms with Gasteiger partial charge in [0.15, 0.2) is 32.0 Å². The first-order valence-corrected chi connectivity index (χ1v) is 9.79. The molecule has 2 N–H and O–H groups in total. The van der Waals surface area contributed by atoms with Crippen molar-refractivity contribution in [2.75, 3.05) is 6.26 Å². The van der Waals surface area contributed by atoms with Crippen molar-refractivity contribution in [1.82, 2.24) is 10.0 Å². The first-order chi connectivity index (χ1) is 12.9. The van der Waals surface area contributed by atoms with Crippen LogP contribution in [0, 0.1) is 17.5 Å². The number of rotatable bonds is 6. The van der Waals surface area contributed by atoms with Gasteiger partial charge in [0.25, 0.3) is 11.5 Å². The van der Waals surface area contributed by atoms with E-state index in [1.807, 2.05) is 0 Å². The number of aryl methyl sites for hydroxylation is 1. The van der Waals surface area contributed by atoms with E-state index in [0.29, 0.717) is 0 Å². The molecule has 28 heavy (non-hydrogen) atoms. The molecular formula is C17H17F3N2O5S. The molecule has 152 valence electrons. The number of carbonyl (C=O) groups is 1. The van der Waals surface area contributed by atoms with Crippen molar-refractivity contribution in [2.24, 2.45) is 0 Å². The van der Waals surface area contributed by atoms with Crippen LogP contribution < -0.4 is 11.0 Å². The maximum Gasteiger partial charge on any atom is 0.264 e. The fraction of sp³-hybridized carbons (Fsp3) is 0.294. The minimum atomic E-state index is -3.93. The predicted octanol–water partition coefficient (Wildman–Crippen LogP) is 1.63. The largest absolute Gasteiger partial charge is 0.315 e. The van der Waals surface area contributed by atoms with Crippen molar-refractivity contribution >= 4 is 15.7 Å². The molecule has 0 saturated heterocycles. The van der Waals surface area contributed by atoms with Crippen molar-refractivity contribution in [2.45, 2.75) is 24.6 Å². The maximum absolute atomic E-state index is 13.4. The highest BCUT2D eigenvalue weighted by Crippen LogP contribution is 2.24. The van der Waals surface area contributed by atoms with Crippen LogP contribution in [0.4, 0.5) is 13.2 Å². The SMILES string of the molecule is CC(CCn1ccc(-c2cc(F)c(F)c(F)c2)cc1=O)(C(=O)NO)S(C)(=O)=O. The molecule has 0 spiro atoms. The van der Waals surface area contributed by atoms with E-state index in [4.69, 9.17) is 5.21 Å². The Balaban J connectivity index is 2.33. The summed E-state index contributed by atoms with van der Waals surface area (Å²) in [6.45, 7) is 0.916.